The van der Waals surface area contributed by atoms with Crippen molar-refractivity contribution in [2.75, 3.05) is 7.11 Å². The van der Waals surface area contributed by atoms with E-state index in [1.54, 1.807) is 7.11 Å². The molecule has 3 heteroatoms. The van der Waals surface area contributed by atoms with E-state index in [-0.39, 0.29) is 0 Å². The highest BCUT2D eigenvalue weighted by Crippen LogP contribution is 2.28. The number of halogens is 1. The van der Waals surface area contributed by atoms with Gasteiger partial charge in [-0.25, -0.2) is 0 Å². The van der Waals surface area contributed by atoms with Gasteiger partial charge in [0.15, 0.2) is 0 Å². The quantitative estimate of drug-likeness (QED) is 0.767. The molecule has 19 heavy (non-hydrogen) atoms. The van der Waals surface area contributed by atoms with Gasteiger partial charge in [0.2, 0.25) is 0 Å². The lowest BCUT2D eigenvalue weighted by atomic mass is 10.1. The van der Waals surface area contributed by atoms with Crippen molar-refractivity contribution in [2.45, 2.75) is 19.6 Å². The summed E-state index contributed by atoms with van der Waals surface area (Å²) in [5.74, 6) is 0.919. The molecule has 2 aromatic carbocycles. The Morgan fingerprint density at radius 3 is 2.58 bits per heavy atom. The molecule has 0 unspecified atom stereocenters. The Kier molecular flexibility index (Phi) is 3.75. The Morgan fingerprint density at radius 1 is 1.11 bits per heavy atom. The van der Waals surface area contributed by atoms with Gasteiger partial charge in [-0.3, -0.25) is 4.90 Å². The van der Waals surface area contributed by atoms with Gasteiger partial charge in [-0.15, -0.1) is 0 Å². The normalized spacial score (nSPS) is 14.4. The predicted octanol–water partition coefficient (Wildman–Crippen LogP) is 3.82. The van der Waals surface area contributed by atoms with E-state index in [1.807, 2.05) is 12.1 Å². The molecule has 0 aliphatic carbocycles. The fraction of sp³-hybridized carbons (Fsp3) is 0.250. The molecule has 0 bridgehead atoms. The van der Waals surface area contributed by atoms with Gasteiger partial charge in [0.25, 0.3) is 0 Å². The average molecular weight is 365 g/mol. The lowest BCUT2D eigenvalue weighted by Gasteiger charge is -2.15. The Morgan fingerprint density at radius 2 is 1.89 bits per heavy atom. The summed E-state index contributed by atoms with van der Waals surface area (Å²) in [6.07, 6.45) is 0. The molecule has 2 nitrogen and oxygen atoms in total. The molecule has 1 aliphatic rings. The summed E-state index contributed by atoms with van der Waals surface area (Å²) < 4.78 is 6.57. The first kappa shape index (κ1) is 12.9. The molecule has 0 spiro atoms. The van der Waals surface area contributed by atoms with E-state index in [0.29, 0.717) is 0 Å². The van der Waals surface area contributed by atoms with Crippen molar-refractivity contribution < 1.29 is 4.74 Å². The topological polar surface area (TPSA) is 12.5 Å². The van der Waals surface area contributed by atoms with E-state index < -0.39 is 0 Å². The molecule has 98 valence electrons. The van der Waals surface area contributed by atoms with Crippen LogP contribution in [0.4, 0.5) is 0 Å². The Hall–Kier alpha value is -1.07. The minimum Gasteiger partial charge on any atom is -0.497 e. The highest BCUT2D eigenvalue weighted by atomic mass is 127. The number of hydrogen-bond acceptors (Lipinski definition) is 2. The molecule has 1 aliphatic heterocycles. The first-order chi connectivity index (χ1) is 9.26. The second-order valence-electron chi connectivity index (χ2n) is 4.87. The first-order valence-electron chi connectivity index (χ1n) is 6.38. The summed E-state index contributed by atoms with van der Waals surface area (Å²) in [6, 6.07) is 14.9. The van der Waals surface area contributed by atoms with E-state index in [1.165, 1.54) is 20.3 Å². The third kappa shape index (κ3) is 2.77. The van der Waals surface area contributed by atoms with Gasteiger partial charge in [0.1, 0.15) is 5.75 Å². The maximum atomic E-state index is 5.19. The molecule has 0 saturated heterocycles. The molecule has 2 aromatic rings. The lowest BCUT2D eigenvalue weighted by Crippen LogP contribution is -2.15. The zero-order valence-corrected chi connectivity index (χ0v) is 13.1. The Balaban J connectivity index is 1.71. The largest absolute Gasteiger partial charge is 0.497 e. The molecule has 0 aromatic heterocycles. The fourth-order valence-electron chi connectivity index (χ4n) is 2.55. The third-order valence-electron chi connectivity index (χ3n) is 3.56. The molecule has 0 saturated carbocycles. The standard InChI is InChI=1S/C16H16INO/c1-19-14-7-5-12(6-8-14)9-18-10-13-3-2-4-16(17)15(13)11-18/h2-8H,9-11H2,1H3. The zero-order chi connectivity index (χ0) is 13.2. The molecule has 0 radical (unpaired) electrons. The molecule has 1 heterocycles. The molecular weight excluding hydrogens is 349 g/mol. The van der Waals surface area contributed by atoms with E-state index >= 15 is 0 Å². The maximum Gasteiger partial charge on any atom is 0.118 e. The monoisotopic (exact) mass is 365 g/mol. The Labute approximate surface area is 127 Å². The second kappa shape index (κ2) is 5.51. The van der Waals surface area contributed by atoms with Gasteiger partial charge in [0.05, 0.1) is 7.11 Å². The molecule has 0 N–H and O–H groups in total. The van der Waals surface area contributed by atoms with Crippen molar-refractivity contribution in [3.63, 3.8) is 0 Å². The molecule has 3 rings (SSSR count). The highest BCUT2D eigenvalue weighted by molar-refractivity contribution is 14.1. The van der Waals surface area contributed by atoms with Gasteiger partial charge in [0, 0.05) is 23.2 Å². The number of methoxy groups -OCH3 is 1. The molecular formula is C16H16INO. The summed E-state index contributed by atoms with van der Waals surface area (Å²) >= 11 is 2.43. The van der Waals surface area contributed by atoms with Gasteiger partial charge in [-0.1, -0.05) is 24.3 Å². The van der Waals surface area contributed by atoms with Crippen molar-refractivity contribution in [3.8, 4) is 5.75 Å². The summed E-state index contributed by atoms with van der Waals surface area (Å²) in [6.45, 7) is 3.10. The number of fused-ring (bicyclic) bond motifs is 1. The second-order valence-corrected chi connectivity index (χ2v) is 6.03. The van der Waals surface area contributed by atoms with Gasteiger partial charge in [-0.05, 0) is 57.5 Å². The maximum absolute atomic E-state index is 5.19. The van der Waals surface area contributed by atoms with Crippen molar-refractivity contribution in [3.05, 3.63) is 62.7 Å². The smallest absolute Gasteiger partial charge is 0.118 e. The van der Waals surface area contributed by atoms with Crippen LogP contribution in [0.15, 0.2) is 42.5 Å². The van der Waals surface area contributed by atoms with Gasteiger partial charge < -0.3 is 4.74 Å². The van der Waals surface area contributed by atoms with Crippen LogP contribution in [0.3, 0.4) is 0 Å². The van der Waals surface area contributed by atoms with Crippen LogP contribution < -0.4 is 4.74 Å². The summed E-state index contributed by atoms with van der Waals surface area (Å²) in [5.41, 5.74) is 4.31. The van der Waals surface area contributed by atoms with Crippen LogP contribution in [0, 0.1) is 3.57 Å². The van der Waals surface area contributed by atoms with E-state index in [4.69, 9.17) is 4.74 Å². The first-order valence-corrected chi connectivity index (χ1v) is 7.45. The van der Waals surface area contributed by atoms with Crippen molar-refractivity contribution in [2.24, 2.45) is 0 Å². The van der Waals surface area contributed by atoms with Crippen LogP contribution in [-0.4, -0.2) is 12.0 Å². The van der Waals surface area contributed by atoms with Crippen molar-refractivity contribution in [1.82, 2.24) is 4.90 Å². The van der Waals surface area contributed by atoms with Crippen molar-refractivity contribution >= 4 is 22.6 Å². The van der Waals surface area contributed by atoms with Gasteiger partial charge in [-0.2, -0.15) is 0 Å². The average Bonchev–Trinajstić information content (AvgIpc) is 2.84. The lowest BCUT2D eigenvalue weighted by molar-refractivity contribution is 0.275. The third-order valence-corrected chi connectivity index (χ3v) is 4.57. The number of rotatable bonds is 3. The fourth-order valence-corrected chi connectivity index (χ4v) is 3.27. The zero-order valence-electron chi connectivity index (χ0n) is 10.9. The minimum atomic E-state index is 0.919. The van der Waals surface area contributed by atoms with Crippen LogP contribution in [0.5, 0.6) is 5.75 Å². The van der Waals surface area contributed by atoms with Crippen LogP contribution >= 0.6 is 22.6 Å². The number of benzene rings is 2. The minimum absolute atomic E-state index is 0.919. The van der Waals surface area contributed by atoms with Crippen molar-refractivity contribution in [1.29, 1.82) is 0 Å². The van der Waals surface area contributed by atoms with Gasteiger partial charge >= 0.3 is 0 Å². The van der Waals surface area contributed by atoms with Crippen LogP contribution in [0.25, 0.3) is 0 Å². The summed E-state index contributed by atoms with van der Waals surface area (Å²) in [7, 11) is 1.70. The summed E-state index contributed by atoms with van der Waals surface area (Å²) in [4.78, 5) is 2.48. The Bertz CT molecular complexity index is 580. The van der Waals surface area contributed by atoms with E-state index in [2.05, 4.69) is 57.8 Å². The van der Waals surface area contributed by atoms with Crippen LogP contribution in [0.1, 0.15) is 16.7 Å². The molecule has 0 amide bonds. The number of hydrogen-bond donors (Lipinski definition) is 0. The molecule has 0 fully saturated rings. The number of nitrogens with zero attached hydrogens (tertiary/aromatic N) is 1. The van der Waals surface area contributed by atoms with Crippen LogP contribution in [-0.2, 0) is 19.6 Å². The predicted molar refractivity (Wildman–Crippen MR) is 85.1 cm³/mol. The van der Waals surface area contributed by atoms with E-state index in [9.17, 15) is 0 Å². The number of ether oxygens (including phenoxy) is 1. The molecule has 0 atom stereocenters. The SMILES string of the molecule is COc1ccc(CN2Cc3cccc(I)c3C2)cc1. The summed E-state index contributed by atoms with van der Waals surface area (Å²) in [5, 5.41) is 0. The van der Waals surface area contributed by atoms with E-state index in [0.717, 1.165) is 25.4 Å². The van der Waals surface area contributed by atoms with Crippen LogP contribution in [0.2, 0.25) is 0 Å². The highest BCUT2D eigenvalue weighted by Gasteiger charge is 2.20.